The van der Waals surface area contributed by atoms with Gasteiger partial charge in [-0.2, -0.15) is 0 Å². The lowest BCUT2D eigenvalue weighted by Crippen LogP contribution is -2.10. The smallest absolute Gasteiger partial charge is 0.159 e. The number of fused-ring (bicyclic) bond motifs is 6. The fourth-order valence-electron chi connectivity index (χ4n) is 9.23. The summed E-state index contributed by atoms with van der Waals surface area (Å²) in [6.45, 7) is 0. The van der Waals surface area contributed by atoms with Gasteiger partial charge in [0.1, 0.15) is 11.2 Å². The highest BCUT2D eigenvalue weighted by Crippen LogP contribution is 2.45. The van der Waals surface area contributed by atoms with Crippen molar-refractivity contribution >= 4 is 78.0 Å². The first-order valence-electron chi connectivity index (χ1n) is 21.7. The van der Waals surface area contributed by atoms with Crippen molar-refractivity contribution in [2.75, 3.05) is 9.80 Å². The summed E-state index contributed by atoms with van der Waals surface area (Å²) in [5, 5.41) is 4.39. The third-order valence-corrected chi connectivity index (χ3v) is 12.2. The van der Waals surface area contributed by atoms with E-state index in [4.69, 9.17) is 8.83 Å². The molecule has 12 rings (SSSR count). The van der Waals surface area contributed by atoms with Crippen LogP contribution >= 0.6 is 0 Å². The van der Waals surface area contributed by atoms with Crippen LogP contribution in [-0.2, 0) is 0 Å². The van der Waals surface area contributed by atoms with Crippen LogP contribution in [0, 0.1) is 0 Å². The summed E-state index contributed by atoms with van der Waals surface area (Å²) in [7, 11) is 0. The number of benzene rings is 10. The van der Waals surface area contributed by atoms with Crippen molar-refractivity contribution in [2.24, 2.45) is 0 Å². The molecular formula is C60H40N2O2. The lowest BCUT2D eigenvalue weighted by Gasteiger charge is -2.26. The molecule has 302 valence electrons. The first-order chi connectivity index (χ1) is 31.7. The predicted octanol–water partition coefficient (Wildman–Crippen LogP) is 17.4. The summed E-state index contributed by atoms with van der Waals surface area (Å²) in [4.78, 5) is 4.61. The van der Waals surface area contributed by atoms with Gasteiger partial charge in [-0.25, -0.2) is 0 Å². The average Bonchev–Trinajstić information content (AvgIpc) is 3.95. The van der Waals surface area contributed by atoms with Crippen molar-refractivity contribution in [3.63, 3.8) is 0 Å². The summed E-state index contributed by atoms with van der Waals surface area (Å²) in [6.07, 6.45) is 0. The normalized spacial score (nSPS) is 11.4. The summed E-state index contributed by atoms with van der Waals surface area (Å²) in [5.41, 5.74) is 16.3. The minimum absolute atomic E-state index is 0.854. The zero-order valence-electron chi connectivity index (χ0n) is 34.8. The molecule has 4 nitrogen and oxygen atoms in total. The van der Waals surface area contributed by atoms with E-state index in [1.807, 2.05) is 24.3 Å². The lowest BCUT2D eigenvalue weighted by atomic mass is 9.93. The van der Waals surface area contributed by atoms with Gasteiger partial charge in [-0.3, -0.25) is 0 Å². The number of rotatable bonds is 9. The molecule has 4 heteroatoms. The molecule has 12 aromatic rings. The van der Waals surface area contributed by atoms with E-state index in [0.29, 0.717) is 0 Å². The van der Waals surface area contributed by atoms with Crippen molar-refractivity contribution in [3.8, 4) is 33.4 Å². The van der Waals surface area contributed by atoms with Gasteiger partial charge in [-0.15, -0.1) is 0 Å². The molecule has 2 aromatic heterocycles. The predicted molar refractivity (Wildman–Crippen MR) is 267 cm³/mol. The molecule has 0 N–H and O–H groups in total. The Morgan fingerprint density at radius 3 is 1.05 bits per heavy atom. The second kappa shape index (κ2) is 15.7. The first kappa shape index (κ1) is 37.2. The largest absolute Gasteiger partial charge is 0.454 e. The van der Waals surface area contributed by atoms with Crippen LogP contribution in [-0.4, -0.2) is 0 Å². The quantitative estimate of drug-likeness (QED) is 0.145. The standard InChI is InChI=1S/C60H40N2O2/c1-4-18-41(19-5-1)44-36-45(42-20-14-26-49(39-42)61(47-22-6-2-7-23-47)55-32-16-30-53-51-28-10-12-34-57(51)63-59(53)55)38-46(37-44)43-21-15-27-50(40-43)62(48-24-8-3-9-25-48)56-33-17-31-54-52-29-11-13-35-58(52)64-60(54)56/h1-40H. The van der Waals surface area contributed by atoms with Crippen LogP contribution in [0.25, 0.3) is 77.3 Å². The van der Waals surface area contributed by atoms with Gasteiger partial charge in [0.15, 0.2) is 11.2 Å². The SMILES string of the molecule is c1ccc(-c2cc(-c3cccc(N(c4ccccc4)c4cccc5c4oc4ccccc45)c3)cc(-c3cccc(N(c4ccccc4)c4cccc5c4oc4ccccc45)c3)c2)cc1. The van der Waals surface area contributed by atoms with E-state index in [1.165, 1.54) is 0 Å². The van der Waals surface area contributed by atoms with E-state index < -0.39 is 0 Å². The second-order valence-corrected chi connectivity index (χ2v) is 16.1. The molecule has 0 amide bonds. The highest BCUT2D eigenvalue weighted by atomic mass is 16.3. The molecule has 0 aliphatic heterocycles. The highest BCUT2D eigenvalue weighted by molar-refractivity contribution is 6.11. The Morgan fingerprint density at radius 1 is 0.234 bits per heavy atom. The first-order valence-corrected chi connectivity index (χ1v) is 21.7. The van der Waals surface area contributed by atoms with E-state index in [0.717, 1.165) is 111 Å². The molecule has 0 saturated carbocycles. The monoisotopic (exact) mass is 820 g/mol. The van der Waals surface area contributed by atoms with Crippen LogP contribution in [0.5, 0.6) is 0 Å². The number of anilines is 6. The van der Waals surface area contributed by atoms with Crippen molar-refractivity contribution in [1.29, 1.82) is 0 Å². The molecule has 0 unspecified atom stereocenters. The molecule has 0 atom stereocenters. The van der Waals surface area contributed by atoms with Gasteiger partial charge >= 0.3 is 0 Å². The van der Waals surface area contributed by atoms with E-state index in [1.54, 1.807) is 0 Å². The maximum atomic E-state index is 6.62. The summed E-state index contributed by atoms with van der Waals surface area (Å²) >= 11 is 0. The minimum atomic E-state index is 0.854. The highest BCUT2D eigenvalue weighted by Gasteiger charge is 2.22. The van der Waals surface area contributed by atoms with Crippen LogP contribution in [0.4, 0.5) is 34.1 Å². The third-order valence-electron chi connectivity index (χ3n) is 12.2. The van der Waals surface area contributed by atoms with Gasteiger partial charge in [0.2, 0.25) is 0 Å². The van der Waals surface area contributed by atoms with Gasteiger partial charge in [-0.1, -0.05) is 152 Å². The molecule has 0 spiro atoms. The van der Waals surface area contributed by atoms with Gasteiger partial charge in [0, 0.05) is 44.3 Å². The molecular weight excluding hydrogens is 781 g/mol. The summed E-state index contributed by atoms with van der Waals surface area (Å²) < 4.78 is 13.2. The van der Waals surface area contributed by atoms with Crippen molar-refractivity contribution in [1.82, 2.24) is 0 Å². The molecule has 0 bridgehead atoms. The maximum Gasteiger partial charge on any atom is 0.159 e. The van der Waals surface area contributed by atoms with Crippen LogP contribution in [0.1, 0.15) is 0 Å². The number of nitrogens with zero attached hydrogens (tertiary/aromatic N) is 2. The van der Waals surface area contributed by atoms with Crippen molar-refractivity contribution in [2.45, 2.75) is 0 Å². The Hall–Kier alpha value is -8.60. The zero-order chi connectivity index (χ0) is 42.4. The van der Waals surface area contributed by atoms with Crippen LogP contribution in [0.3, 0.4) is 0 Å². The molecule has 0 fully saturated rings. The Kier molecular flexibility index (Phi) is 9.12. The topological polar surface area (TPSA) is 32.8 Å². The zero-order valence-corrected chi connectivity index (χ0v) is 34.8. The number of hydrogen-bond donors (Lipinski definition) is 0. The molecule has 2 heterocycles. The van der Waals surface area contributed by atoms with Crippen molar-refractivity contribution < 1.29 is 8.83 Å². The molecule has 0 aliphatic carbocycles. The van der Waals surface area contributed by atoms with Gasteiger partial charge in [0.05, 0.1) is 11.4 Å². The number of hydrogen-bond acceptors (Lipinski definition) is 4. The molecule has 0 radical (unpaired) electrons. The van der Waals surface area contributed by atoms with E-state index in [-0.39, 0.29) is 0 Å². The van der Waals surface area contributed by atoms with Crippen LogP contribution < -0.4 is 9.80 Å². The van der Waals surface area contributed by atoms with Crippen LogP contribution in [0.15, 0.2) is 251 Å². The van der Waals surface area contributed by atoms with E-state index in [9.17, 15) is 0 Å². The van der Waals surface area contributed by atoms with E-state index in [2.05, 4.69) is 228 Å². The Bertz CT molecular complexity index is 3410. The summed E-state index contributed by atoms with van der Waals surface area (Å²) in [5.74, 6) is 0. The van der Waals surface area contributed by atoms with Gasteiger partial charge in [0.25, 0.3) is 0 Å². The maximum absolute atomic E-state index is 6.62. The van der Waals surface area contributed by atoms with Gasteiger partial charge in [-0.05, 0) is 124 Å². The van der Waals surface area contributed by atoms with Crippen LogP contribution in [0.2, 0.25) is 0 Å². The molecule has 0 saturated heterocycles. The molecule has 64 heavy (non-hydrogen) atoms. The van der Waals surface area contributed by atoms with Crippen molar-refractivity contribution in [3.05, 3.63) is 243 Å². The Morgan fingerprint density at radius 2 is 0.578 bits per heavy atom. The third kappa shape index (κ3) is 6.57. The average molecular weight is 821 g/mol. The number of furan rings is 2. The minimum Gasteiger partial charge on any atom is -0.454 e. The lowest BCUT2D eigenvalue weighted by molar-refractivity contribution is 0.668. The van der Waals surface area contributed by atoms with E-state index >= 15 is 0 Å². The Labute approximate surface area is 371 Å². The second-order valence-electron chi connectivity index (χ2n) is 16.1. The fraction of sp³-hybridized carbons (Fsp3) is 0. The number of para-hydroxylation sites is 6. The molecule has 10 aromatic carbocycles. The van der Waals surface area contributed by atoms with Gasteiger partial charge < -0.3 is 18.6 Å². The molecule has 0 aliphatic rings. The Balaban J connectivity index is 1.01. The summed E-state index contributed by atoms with van der Waals surface area (Å²) in [6, 6.07) is 85.8. The fourth-order valence-corrected chi connectivity index (χ4v) is 9.23.